The van der Waals surface area contributed by atoms with Gasteiger partial charge >= 0.3 is 0 Å². The summed E-state index contributed by atoms with van der Waals surface area (Å²) in [5.74, 6) is 0.455. The van der Waals surface area contributed by atoms with Crippen molar-refractivity contribution in [2.75, 3.05) is 5.32 Å². The molecular formula is C17H26N2O. The van der Waals surface area contributed by atoms with Crippen LogP contribution in [-0.2, 0) is 11.2 Å². The van der Waals surface area contributed by atoms with Gasteiger partial charge in [-0.2, -0.15) is 0 Å². The number of hydrogen-bond acceptors (Lipinski definition) is 2. The van der Waals surface area contributed by atoms with E-state index in [2.05, 4.69) is 26.1 Å². The maximum atomic E-state index is 11.2. The Balaban J connectivity index is 2.11. The lowest BCUT2D eigenvalue weighted by Crippen LogP contribution is -2.35. The highest BCUT2D eigenvalue weighted by Gasteiger charge is 2.32. The SMILES string of the molecule is CC1CC(Nc2ccccc2CC(N)=O)CC(C)(C)C1. The second kappa shape index (κ2) is 5.86. The van der Waals surface area contributed by atoms with Gasteiger partial charge in [0.05, 0.1) is 6.42 Å². The molecule has 0 spiro atoms. The predicted molar refractivity (Wildman–Crippen MR) is 83.5 cm³/mol. The molecule has 3 N–H and O–H groups in total. The van der Waals surface area contributed by atoms with Gasteiger partial charge in [-0.1, -0.05) is 39.0 Å². The molecule has 1 amide bonds. The first-order chi connectivity index (χ1) is 9.35. The fourth-order valence-corrected chi connectivity index (χ4v) is 3.68. The van der Waals surface area contributed by atoms with Gasteiger partial charge < -0.3 is 11.1 Å². The van der Waals surface area contributed by atoms with E-state index in [4.69, 9.17) is 5.73 Å². The topological polar surface area (TPSA) is 55.1 Å². The van der Waals surface area contributed by atoms with Crippen molar-refractivity contribution in [3.63, 3.8) is 0 Å². The lowest BCUT2D eigenvalue weighted by Gasteiger charge is -2.40. The molecule has 2 rings (SSSR count). The molecule has 0 bridgehead atoms. The highest BCUT2D eigenvalue weighted by Crippen LogP contribution is 2.39. The van der Waals surface area contributed by atoms with E-state index in [9.17, 15) is 4.79 Å². The van der Waals surface area contributed by atoms with Crippen LogP contribution >= 0.6 is 0 Å². The number of rotatable bonds is 4. The molecule has 2 atom stereocenters. The van der Waals surface area contributed by atoms with Crippen LogP contribution in [0.4, 0.5) is 5.69 Å². The van der Waals surface area contributed by atoms with Crippen molar-refractivity contribution in [3.8, 4) is 0 Å². The molecule has 1 aliphatic carbocycles. The number of carbonyl (C=O) groups excluding carboxylic acids is 1. The third kappa shape index (κ3) is 3.99. The Labute approximate surface area is 121 Å². The molecule has 0 heterocycles. The summed E-state index contributed by atoms with van der Waals surface area (Å²) < 4.78 is 0. The summed E-state index contributed by atoms with van der Waals surface area (Å²) in [7, 11) is 0. The predicted octanol–water partition coefficient (Wildman–Crippen LogP) is 3.34. The zero-order valence-electron chi connectivity index (χ0n) is 12.8. The number of amides is 1. The van der Waals surface area contributed by atoms with E-state index in [0.29, 0.717) is 17.9 Å². The summed E-state index contributed by atoms with van der Waals surface area (Å²) in [6.45, 7) is 7.00. The lowest BCUT2D eigenvalue weighted by molar-refractivity contribution is -0.117. The number of nitrogens with one attached hydrogen (secondary N) is 1. The fourth-order valence-electron chi connectivity index (χ4n) is 3.68. The molecule has 1 aromatic carbocycles. The highest BCUT2D eigenvalue weighted by atomic mass is 16.1. The van der Waals surface area contributed by atoms with Crippen LogP contribution in [0.15, 0.2) is 24.3 Å². The molecule has 2 unspecified atom stereocenters. The molecule has 0 aliphatic heterocycles. The van der Waals surface area contributed by atoms with Gasteiger partial charge in [0, 0.05) is 11.7 Å². The van der Waals surface area contributed by atoms with E-state index in [1.54, 1.807) is 0 Å². The average molecular weight is 274 g/mol. The number of carbonyl (C=O) groups is 1. The standard InChI is InChI=1S/C17H26N2O/c1-12-8-14(11-17(2,3)10-12)19-15-7-5-4-6-13(15)9-16(18)20/h4-7,12,14,19H,8-11H2,1-3H3,(H2,18,20). The number of benzene rings is 1. The fraction of sp³-hybridized carbons (Fsp3) is 0.588. The zero-order chi connectivity index (χ0) is 14.8. The number of anilines is 1. The highest BCUT2D eigenvalue weighted by molar-refractivity contribution is 5.78. The molecule has 3 nitrogen and oxygen atoms in total. The molecule has 0 aromatic heterocycles. The maximum Gasteiger partial charge on any atom is 0.221 e. The quantitative estimate of drug-likeness (QED) is 0.884. The minimum Gasteiger partial charge on any atom is -0.382 e. The van der Waals surface area contributed by atoms with Gasteiger partial charge in [0.2, 0.25) is 5.91 Å². The molecule has 0 radical (unpaired) electrons. The number of nitrogens with two attached hydrogens (primary N) is 1. The van der Waals surface area contributed by atoms with Gasteiger partial charge in [-0.05, 0) is 42.2 Å². The molecule has 0 saturated heterocycles. The van der Waals surface area contributed by atoms with Crippen molar-refractivity contribution in [3.05, 3.63) is 29.8 Å². The van der Waals surface area contributed by atoms with Crippen molar-refractivity contribution < 1.29 is 4.79 Å². The van der Waals surface area contributed by atoms with Crippen molar-refractivity contribution in [1.82, 2.24) is 0 Å². The van der Waals surface area contributed by atoms with E-state index in [0.717, 1.165) is 17.2 Å². The molecule has 1 aliphatic rings. The van der Waals surface area contributed by atoms with Gasteiger partial charge in [-0.3, -0.25) is 4.79 Å². The normalized spacial score (nSPS) is 25.1. The lowest BCUT2D eigenvalue weighted by atomic mass is 9.70. The average Bonchev–Trinajstić information content (AvgIpc) is 2.28. The Morgan fingerprint density at radius 3 is 2.70 bits per heavy atom. The smallest absolute Gasteiger partial charge is 0.221 e. The van der Waals surface area contributed by atoms with Crippen LogP contribution in [0, 0.1) is 11.3 Å². The van der Waals surface area contributed by atoms with Crippen LogP contribution in [0.5, 0.6) is 0 Å². The van der Waals surface area contributed by atoms with Crippen molar-refractivity contribution in [1.29, 1.82) is 0 Å². The first-order valence-corrected chi connectivity index (χ1v) is 7.48. The molecule has 1 aromatic rings. The number of primary amides is 1. The molecule has 20 heavy (non-hydrogen) atoms. The summed E-state index contributed by atoms with van der Waals surface area (Å²) in [5.41, 5.74) is 7.76. The Bertz CT molecular complexity index is 482. The Morgan fingerprint density at radius 2 is 2.05 bits per heavy atom. The van der Waals surface area contributed by atoms with Gasteiger partial charge in [0.1, 0.15) is 0 Å². The minimum atomic E-state index is -0.281. The van der Waals surface area contributed by atoms with Crippen molar-refractivity contribution in [2.24, 2.45) is 17.1 Å². The zero-order valence-corrected chi connectivity index (χ0v) is 12.8. The maximum absolute atomic E-state index is 11.2. The first kappa shape index (κ1) is 14.9. The molecule has 1 fully saturated rings. The Morgan fingerprint density at radius 1 is 1.35 bits per heavy atom. The monoisotopic (exact) mass is 274 g/mol. The minimum absolute atomic E-state index is 0.281. The van der Waals surface area contributed by atoms with E-state index in [-0.39, 0.29) is 5.91 Å². The van der Waals surface area contributed by atoms with Crippen LogP contribution in [0.1, 0.15) is 45.6 Å². The number of hydrogen-bond donors (Lipinski definition) is 2. The van der Waals surface area contributed by atoms with Crippen LogP contribution < -0.4 is 11.1 Å². The largest absolute Gasteiger partial charge is 0.382 e. The van der Waals surface area contributed by atoms with Crippen LogP contribution in [0.3, 0.4) is 0 Å². The van der Waals surface area contributed by atoms with Gasteiger partial charge in [0.25, 0.3) is 0 Å². The van der Waals surface area contributed by atoms with E-state index in [1.807, 2.05) is 24.3 Å². The summed E-state index contributed by atoms with van der Waals surface area (Å²) in [6, 6.07) is 8.46. The van der Waals surface area contributed by atoms with E-state index in [1.165, 1.54) is 19.3 Å². The van der Waals surface area contributed by atoms with E-state index >= 15 is 0 Å². The molecular weight excluding hydrogens is 248 g/mol. The number of para-hydroxylation sites is 1. The van der Waals surface area contributed by atoms with Gasteiger partial charge in [-0.15, -0.1) is 0 Å². The van der Waals surface area contributed by atoms with Gasteiger partial charge in [-0.25, -0.2) is 0 Å². The summed E-state index contributed by atoms with van der Waals surface area (Å²) in [6.07, 6.45) is 3.94. The van der Waals surface area contributed by atoms with Gasteiger partial charge in [0.15, 0.2) is 0 Å². The van der Waals surface area contributed by atoms with Crippen LogP contribution in [0.25, 0.3) is 0 Å². The molecule has 110 valence electrons. The third-order valence-electron chi connectivity index (χ3n) is 4.13. The molecule has 3 heteroatoms. The van der Waals surface area contributed by atoms with E-state index < -0.39 is 0 Å². The second-order valence-electron chi connectivity index (χ2n) is 7.05. The summed E-state index contributed by atoms with van der Waals surface area (Å²) >= 11 is 0. The van der Waals surface area contributed by atoms with Crippen molar-refractivity contribution in [2.45, 2.75) is 52.5 Å². The molecule has 1 saturated carbocycles. The second-order valence-corrected chi connectivity index (χ2v) is 7.05. The third-order valence-corrected chi connectivity index (χ3v) is 4.13. The Hall–Kier alpha value is -1.51. The first-order valence-electron chi connectivity index (χ1n) is 7.48. The summed E-state index contributed by atoms with van der Waals surface area (Å²) in [5, 5.41) is 3.63. The van der Waals surface area contributed by atoms with Crippen molar-refractivity contribution >= 4 is 11.6 Å². The van der Waals surface area contributed by atoms with Crippen LogP contribution in [-0.4, -0.2) is 11.9 Å². The van der Waals surface area contributed by atoms with Crippen LogP contribution in [0.2, 0.25) is 0 Å². The summed E-state index contributed by atoms with van der Waals surface area (Å²) in [4.78, 5) is 11.2. The Kier molecular flexibility index (Phi) is 4.36.